The fourth-order valence-corrected chi connectivity index (χ4v) is 6.41. The van der Waals surface area contributed by atoms with Crippen LogP contribution in [0, 0.1) is 5.82 Å². The lowest BCUT2D eigenvalue weighted by atomic mass is 9.77. The Bertz CT molecular complexity index is 1420. The number of likely N-dealkylation sites (N-methyl/N-ethyl adjacent to an activating group) is 1. The number of aliphatic carboxylic acids is 1. The minimum atomic E-state index is -1.30. The number of carboxylic acid groups (broad SMARTS) is 1. The molecule has 6 rings (SSSR count). The number of carboxylic acids is 1. The van der Waals surface area contributed by atoms with Crippen molar-refractivity contribution in [3.63, 3.8) is 0 Å². The largest absolute Gasteiger partial charge is 0.481 e. The molecule has 37 heavy (non-hydrogen) atoms. The molecule has 9 heteroatoms. The molecule has 7 nitrogen and oxygen atoms in total. The van der Waals surface area contributed by atoms with Gasteiger partial charge in [0.15, 0.2) is 5.82 Å². The highest BCUT2D eigenvalue weighted by Crippen LogP contribution is 2.46. The van der Waals surface area contributed by atoms with E-state index < -0.39 is 17.2 Å². The van der Waals surface area contributed by atoms with Gasteiger partial charge in [0.25, 0.3) is 0 Å². The third kappa shape index (κ3) is 4.03. The Morgan fingerprint density at radius 3 is 2.89 bits per heavy atom. The first-order chi connectivity index (χ1) is 17.8. The predicted molar refractivity (Wildman–Crippen MR) is 142 cm³/mol. The van der Waals surface area contributed by atoms with Crippen molar-refractivity contribution < 1.29 is 14.3 Å². The van der Waals surface area contributed by atoms with Gasteiger partial charge in [0.1, 0.15) is 16.3 Å². The number of nitrogens with zero attached hydrogens (tertiary/aromatic N) is 4. The molecule has 0 spiro atoms. The van der Waals surface area contributed by atoms with E-state index in [1.807, 2.05) is 0 Å². The summed E-state index contributed by atoms with van der Waals surface area (Å²) in [6.07, 6.45) is 5.02. The van der Waals surface area contributed by atoms with E-state index in [2.05, 4.69) is 34.3 Å². The van der Waals surface area contributed by atoms with Crippen molar-refractivity contribution in [2.45, 2.75) is 51.0 Å². The van der Waals surface area contributed by atoms with Gasteiger partial charge < -0.3 is 15.3 Å². The van der Waals surface area contributed by atoms with Gasteiger partial charge in [-0.05, 0) is 91.2 Å². The quantitative estimate of drug-likeness (QED) is 0.441. The highest BCUT2D eigenvalue weighted by molar-refractivity contribution is 6.33. The van der Waals surface area contributed by atoms with Crippen LogP contribution in [0.25, 0.3) is 0 Å². The van der Waals surface area contributed by atoms with Crippen LogP contribution in [-0.4, -0.2) is 45.6 Å². The summed E-state index contributed by atoms with van der Waals surface area (Å²) in [6.45, 7) is 6.97. The van der Waals surface area contributed by atoms with E-state index >= 15 is 0 Å². The molecule has 2 unspecified atom stereocenters. The number of aryl methyl sites for hydroxylation is 1. The Morgan fingerprint density at radius 2 is 2.11 bits per heavy atom. The van der Waals surface area contributed by atoms with Gasteiger partial charge in [0.2, 0.25) is 5.95 Å². The first-order valence-corrected chi connectivity index (χ1v) is 13.1. The van der Waals surface area contributed by atoms with Crippen molar-refractivity contribution in [1.82, 2.24) is 14.9 Å². The Kier molecular flexibility index (Phi) is 5.84. The Labute approximate surface area is 220 Å². The predicted octanol–water partition coefficient (Wildman–Crippen LogP) is 5.76. The summed E-state index contributed by atoms with van der Waals surface area (Å²) in [5, 5.41) is 13.6. The molecule has 3 heterocycles. The van der Waals surface area contributed by atoms with Gasteiger partial charge in [-0.1, -0.05) is 18.5 Å². The molecule has 3 aromatic rings. The van der Waals surface area contributed by atoms with Crippen molar-refractivity contribution in [2.75, 3.05) is 29.9 Å². The van der Waals surface area contributed by atoms with E-state index in [4.69, 9.17) is 16.6 Å². The molecule has 2 N–H and O–H groups in total. The fraction of sp³-hybridized carbons (Fsp3) is 0.393. The van der Waals surface area contributed by atoms with Crippen LogP contribution in [0.5, 0.6) is 0 Å². The summed E-state index contributed by atoms with van der Waals surface area (Å²) < 4.78 is 14.1. The van der Waals surface area contributed by atoms with Crippen LogP contribution in [0.15, 0.2) is 36.5 Å². The zero-order valence-electron chi connectivity index (χ0n) is 20.9. The van der Waals surface area contributed by atoms with E-state index in [1.165, 1.54) is 47.9 Å². The zero-order chi connectivity index (χ0) is 25.9. The lowest BCUT2D eigenvalue weighted by Gasteiger charge is -2.38. The van der Waals surface area contributed by atoms with E-state index in [1.54, 1.807) is 17.9 Å². The van der Waals surface area contributed by atoms with Crippen molar-refractivity contribution >= 4 is 40.7 Å². The topological polar surface area (TPSA) is 81.6 Å². The van der Waals surface area contributed by atoms with Crippen LogP contribution in [0.2, 0.25) is 5.02 Å². The van der Waals surface area contributed by atoms with Gasteiger partial charge in [-0.25, -0.2) is 9.37 Å². The van der Waals surface area contributed by atoms with Crippen LogP contribution >= 0.6 is 11.6 Å². The minimum Gasteiger partial charge on any atom is -0.481 e. The highest BCUT2D eigenvalue weighted by atomic mass is 35.5. The summed E-state index contributed by atoms with van der Waals surface area (Å²) >= 11 is 6.53. The number of hydrogen-bond acceptors (Lipinski definition) is 6. The number of hydrogen-bond donors (Lipinski definition) is 2. The SMILES string of the molecule is CCN1Cc2cc(Nc3ncc(Cl)c(N4CC(C)(C(=O)O)c5cc(F)ccc54)n3)cc3c2C(CCC3)C1. The number of nitrogens with one attached hydrogen (secondary N) is 1. The molecule has 2 aliphatic heterocycles. The number of carbonyl (C=O) groups is 1. The molecule has 0 amide bonds. The summed E-state index contributed by atoms with van der Waals surface area (Å²) in [5.41, 5.74) is 4.87. The van der Waals surface area contributed by atoms with Gasteiger partial charge in [-0.15, -0.1) is 0 Å². The lowest BCUT2D eigenvalue weighted by molar-refractivity contribution is -0.142. The molecule has 1 aliphatic carbocycles. The summed E-state index contributed by atoms with van der Waals surface area (Å²) in [6, 6.07) is 8.59. The number of fused-ring (bicyclic) bond motifs is 1. The van der Waals surface area contributed by atoms with Crippen molar-refractivity contribution in [2.24, 2.45) is 0 Å². The van der Waals surface area contributed by atoms with Gasteiger partial charge in [0.05, 0.1) is 6.20 Å². The second-order valence-corrected chi connectivity index (χ2v) is 10.9. The van der Waals surface area contributed by atoms with Gasteiger partial charge >= 0.3 is 5.97 Å². The van der Waals surface area contributed by atoms with Crippen LogP contribution in [0.4, 0.5) is 27.5 Å². The maximum Gasteiger partial charge on any atom is 0.315 e. The third-order valence-electron chi connectivity index (χ3n) is 8.11. The maximum atomic E-state index is 14.1. The van der Waals surface area contributed by atoms with Crippen molar-refractivity contribution in [3.8, 4) is 0 Å². The zero-order valence-corrected chi connectivity index (χ0v) is 21.6. The molecule has 3 aliphatic rings. The molecule has 192 valence electrons. The number of halogens is 2. The standard InChI is InChI=1S/C28H29ClFN5O2/c1-3-34-13-17-6-4-5-16-9-20(10-18(14-34)24(16)17)32-27-31-12-22(29)25(33-27)35-15-28(2,26(36)37)21-11-19(30)7-8-23(21)35/h7-12,17H,3-6,13-15H2,1-2H3,(H,36,37)(H,31,32,33). The molecule has 2 atom stereocenters. The first-order valence-electron chi connectivity index (χ1n) is 12.8. The molecule has 0 fully saturated rings. The number of aromatic nitrogens is 2. The molecule has 2 aromatic carbocycles. The summed E-state index contributed by atoms with van der Waals surface area (Å²) in [7, 11) is 0. The van der Waals surface area contributed by atoms with E-state index in [9.17, 15) is 14.3 Å². The van der Waals surface area contributed by atoms with E-state index in [0.717, 1.165) is 31.7 Å². The second-order valence-electron chi connectivity index (χ2n) is 10.5. The minimum absolute atomic E-state index is 0.0779. The van der Waals surface area contributed by atoms with E-state index in [0.29, 0.717) is 28.9 Å². The van der Waals surface area contributed by atoms with Crippen LogP contribution in [0.3, 0.4) is 0 Å². The molecule has 0 radical (unpaired) electrons. The van der Waals surface area contributed by atoms with Crippen LogP contribution in [0.1, 0.15) is 54.9 Å². The number of anilines is 4. The number of benzene rings is 2. The molecular weight excluding hydrogens is 493 g/mol. The molecule has 0 bridgehead atoms. The van der Waals surface area contributed by atoms with Gasteiger partial charge in [-0.3, -0.25) is 9.69 Å². The third-order valence-corrected chi connectivity index (χ3v) is 8.37. The molecule has 0 saturated carbocycles. The average molecular weight is 522 g/mol. The smallest absolute Gasteiger partial charge is 0.315 e. The monoisotopic (exact) mass is 521 g/mol. The Balaban J connectivity index is 1.36. The summed E-state index contributed by atoms with van der Waals surface area (Å²) in [4.78, 5) is 25.5. The fourth-order valence-electron chi connectivity index (χ4n) is 6.22. The molecule has 1 aromatic heterocycles. The normalized spacial score (nSPS) is 22.5. The van der Waals surface area contributed by atoms with Crippen LogP contribution in [-0.2, 0) is 23.2 Å². The van der Waals surface area contributed by atoms with Crippen molar-refractivity contribution in [1.29, 1.82) is 0 Å². The first kappa shape index (κ1) is 24.1. The molecule has 0 saturated heterocycles. The molecular formula is C28H29ClFN5O2. The van der Waals surface area contributed by atoms with Gasteiger partial charge in [-0.2, -0.15) is 4.98 Å². The average Bonchev–Trinajstić information content (AvgIpc) is 3.18. The summed E-state index contributed by atoms with van der Waals surface area (Å²) in [5.74, 6) is -0.163. The van der Waals surface area contributed by atoms with E-state index in [-0.39, 0.29) is 11.6 Å². The van der Waals surface area contributed by atoms with Crippen molar-refractivity contribution in [3.05, 3.63) is 69.6 Å². The lowest BCUT2D eigenvalue weighted by Crippen LogP contribution is -2.36. The Hall–Kier alpha value is -3.23. The second kappa shape index (κ2) is 8.96. The number of rotatable bonds is 5. The Morgan fingerprint density at radius 1 is 1.30 bits per heavy atom. The maximum absolute atomic E-state index is 14.1. The van der Waals surface area contributed by atoms with Crippen LogP contribution < -0.4 is 10.2 Å². The van der Waals surface area contributed by atoms with Gasteiger partial charge in [0, 0.05) is 31.0 Å². The highest BCUT2D eigenvalue weighted by Gasteiger charge is 2.46.